The van der Waals surface area contributed by atoms with Crippen LogP contribution < -0.4 is 11.1 Å². The second-order valence-electron chi connectivity index (χ2n) is 4.55. The van der Waals surface area contributed by atoms with E-state index in [9.17, 15) is 4.79 Å². The molecule has 2 rings (SSSR count). The van der Waals surface area contributed by atoms with Crippen molar-refractivity contribution < 1.29 is 4.79 Å². The Kier molecular flexibility index (Phi) is 5.57. The molecule has 9 heteroatoms. The van der Waals surface area contributed by atoms with Crippen LogP contribution in [0.5, 0.6) is 0 Å². The molecule has 0 aliphatic heterocycles. The van der Waals surface area contributed by atoms with Gasteiger partial charge >= 0.3 is 0 Å². The number of nitrogen functional groups attached to an aromatic ring is 1. The van der Waals surface area contributed by atoms with Gasteiger partial charge in [-0.2, -0.15) is 5.10 Å². The van der Waals surface area contributed by atoms with Crippen molar-refractivity contribution in [3.05, 3.63) is 17.5 Å². The highest BCUT2D eigenvalue weighted by molar-refractivity contribution is 8.01. The maximum Gasteiger partial charge on any atom is 0.230 e. The number of hydrogen-bond acceptors (Lipinski definition) is 7. The van der Waals surface area contributed by atoms with E-state index in [1.165, 1.54) is 23.1 Å². The molecule has 7 nitrogen and oxygen atoms in total. The third-order valence-corrected chi connectivity index (χ3v) is 4.61. The predicted octanol–water partition coefficient (Wildman–Crippen LogP) is 1.23. The van der Waals surface area contributed by atoms with Crippen LogP contribution in [0, 0.1) is 13.8 Å². The van der Waals surface area contributed by atoms with Crippen molar-refractivity contribution in [2.75, 3.05) is 18.0 Å². The molecule has 0 fully saturated rings. The number of nitrogens with zero attached hydrogens (tertiary/aromatic N) is 4. The molecule has 3 N–H and O–H groups in total. The highest BCUT2D eigenvalue weighted by Gasteiger charge is 2.06. The maximum absolute atomic E-state index is 11.7. The number of amides is 1. The van der Waals surface area contributed by atoms with Crippen molar-refractivity contribution in [2.45, 2.75) is 31.2 Å². The van der Waals surface area contributed by atoms with Gasteiger partial charge in [-0.1, -0.05) is 23.1 Å². The van der Waals surface area contributed by atoms with Crippen LogP contribution in [0.15, 0.2) is 10.4 Å². The van der Waals surface area contributed by atoms with Gasteiger partial charge in [0.1, 0.15) is 0 Å². The summed E-state index contributed by atoms with van der Waals surface area (Å²) < 4.78 is 2.67. The average Bonchev–Trinajstić information content (AvgIpc) is 2.98. The molecule has 1 amide bonds. The van der Waals surface area contributed by atoms with Crippen LogP contribution in [0.4, 0.5) is 5.13 Å². The Morgan fingerprint density at radius 3 is 2.90 bits per heavy atom. The minimum atomic E-state index is -0.0119. The number of thioether (sulfide) groups is 1. The summed E-state index contributed by atoms with van der Waals surface area (Å²) >= 11 is 2.63. The third kappa shape index (κ3) is 5.01. The summed E-state index contributed by atoms with van der Waals surface area (Å²) in [5.74, 6) is 0.316. The zero-order valence-electron chi connectivity index (χ0n) is 12.0. The van der Waals surface area contributed by atoms with Gasteiger partial charge in [-0.05, 0) is 26.3 Å². The highest BCUT2D eigenvalue weighted by Crippen LogP contribution is 2.22. The molecule has 0 saturated heterocycles. The second kappa shape index (κ2) is 7.41. The molecule has 2 heterocycles. The quantitative estimate of drug-likeness (QED) is 0.586. The van der Waals surface area contributed by atoms with Gasteiger partial charge in [0.05, 0.1) is 11.4 Å². The van der Waals surface area contributed by atoms with Crippen LogP contribution in [0.2, 0.25) is 0 Å². The Balaban J connectivity index is 1.62. The summed E-state index contributed by atoms with van der Waals surface area (Å²) in [5, 5.41) is 15.2. The van der Waals surface area contributed by atoms with Crippen LogP contribution in [-0.4, -0.2) is 38.2 Å². The summed E-state index contributed by atoms with van der Waals surface area (Å²) in [6, 6.07) is 2.04. The molecule has 0 aromatic carbocycles. The summed E-state index contributed by atoms with van der Waals surface area (Å²) in [6.45, 7) is 5.45. The van der Waals surface area contributed by atoms with E-state index in [0.717, 1.165) is 24.4 Å². The summed E-state index contributed by atoms with van der Waals surface area (Å²) in [7, 11) is 0. The number of aromatic nitrogens is 4. The first-order chi connectivity index (χ1) is 10.0. The van der Waals surface area contributed by atoms with Gasteiger partial charge in [-0.3, -0.25) is 9.48 Å². The van der Waals surface area contributed by atoms with E-state index >= 15 is 0 Å². The first-order valence-corrected chi connectivity index (χ1v) is 8.34. The van der Waals surface area contributed by atoms with E-state index < -0.39 is 0 Å². The molecule has 0 unspecified atom stereocenters. The number of nitrogens with two attached hydrogens (primary N) is 1. The Morgan fingerprint density at radius 2 is 2.29 bits per heavy atom. The van der Waals surface area contributed by atoms with Crippen molar-refractivity contribution in [1.29, 1.82) is 0 Å². The fourth-order valence-corrected chi connectivity index (χ4v) is 3.28. The van der Waals surface area contributed by atoms with Gasteiger partial charge in [0.15, 0.2) is 4.34 Å². The van der Waals surface area contributed by atoms with Crippen molar-refractivity contribution in [1.82, 2.24) is 25.3 Å². The minimum absolute atomic E-state index is 0.0119. The second-order valence-corrected chi connectivity index (χ2v) is 6.78. The standard InChI is InChI=1S/C12H18N6OS2/c1-8-6-9(2)18(17-8)5-3-4-14-10(19)7-20-12-16-15-11(13)21-12/h6H,3-5,7H2,1-2H3,(H2,13,15)(H,14,19). The van der Waals surface area contributed by atoms with Crippen molar-refractivity contribution >= 4 is 34.1 Å². The van der Waals surface area contributed by atoms with Gasteiger partial charge in [0.25, 0.3) is 0 Å². The normalized spacial score (nSPS) is 10.8. The van der Waals surface area contributed by atoms with Crippen LogP contribution in [-0.2, 0) is 11.3 Å². The van der Waals surface area contributed by atoms with E-state index in [2.05, 4.69) is 20.6 Å². The molecule has 0 aliphatic rings. The Bertz CT molecular complexity index is 609. The maximum atomic E-state index is 11.7. The molecular weight excluding hydrogens is 308 g/mol. The van der Waals surface area contributed by atoms with Crippen molar-refractivity contribution in [3.63, 3.8) is 0 Å². The zero-order valence-corrected chi connectivity index (χ0v) is 13.6. The number of aryl methyl sites for hydroxylation is 3. The average molecular weight is 326 g/mol. The molecule has 21 heavy (non-hydrogen) atoms. The summed E-state index contributed by atoms with van der Waals surface area (Å²) in [4.78, 5) is 11.7. The number of hydrogen-bond donors (Lipinski definition) is 2. The number of anilines is 1. The minimum Gasteiger partial charge on any atom is -0.374 e. The lowest BCUT2D eigenvalue weighted by atomic mass is 10.4. The third-order valence-electron chi connectivity index (χ3n) is 2.72. The molecule has 2 aromatic heterocycles. The van der Waals surface area contributed by atoms with Crippen LogP contribution in [0.1, 0.15) is 17.8 Å². The van der Waals surface area contributed by atoms with Crippen molar-refractivity contribution in [3.8, 4) is 0 Å². The smallest absolute Gasteiger partial charge is 0.230 e. The largest absolute Gasteiger partial charge is 0.374 e. The number of carbonyl (C=O) groups is 1. The van der Waals surface area contributed by atoms with E-state index in [0.29, 0.717) is 21.8 Å². The predicted molar refractivity (Wildman–Crippen MR) is 84.4 cm³/mol. The van der Waals surface area contributed by atoms with Gasteiger partial charge in [0.2, 0.25) is 11.0 Å². The molecule has 0 atom stereocenters. The van der Waals surface area contributed by atoms with E-state index in [4.69, 9.17) is 5.73 Å². The van der Waals surface area contributed by atoms with Crippen LogP contribution in [0.25, 0.3) is 0 Å². The molecule has 0 bridgehead atoms. The lowest BCUT2D eigenvalue weighted by molar-refractivity contribution is -0.118. The first kappa shape index (κ1) is 15.8. The van der Waals surface area contributed by atoms with Crippen LogP contribution >= 0.6 is 23.1 Å². The van der Waals surface area contributed by atoms with Crippen LogP contribution in [0.3, 0.4) is 0 Å². The van der Waals surface area contributed by atoms with E-state index in [1.807, 2.05) is 24.6 Å². The summed E-state index contributed by atoms with van der Waals surface area (Å²) in [6.07, 6.45) is 0.851. The molecule has 0 radical (unpaired) electrons. The Morgan fingerprint density at radius 1 is 1.48 bits per heavy atom. The lowest BCUT2D eigenvalue weighted by Crippen LogP contribution is -2.27. The molecule has 0 saturated carbocycles. The summed E-state index contributed by atoms with van der Waals surface area (Å²) in [5.41, 5.74) is 7.63. The van der Waals surface area contributed by atoms with Gasteiger partial charge in [0, 0.05) is 18.8 Å². The lowest BCUT2D eigenvalue weighted by Gasteiger charge is -2.06. The molecule has 114 valence electrons. The zero-order chi connectivity index (χ0) is 15.2. The number of carbonyl (C=O) groups excluding carboxylic acids is 1. The van der Waals surface area contributed by atoms with Gasteiger partial charge < -0.3 is 11.1 Å². The SMILES string of the molecule is Cc1cc(C)n(CCCNC(=O)CSc2nnc(N)s2)n1. The molecule has 0 aliphatic carbocycles. The van der Waals surface area contributed by atoms with E-state index in [1.54, 1.807) is 0 Å². The number of rotatable bonds is 7. The molecular formula is C12H18N6OS2. The highest BCUT2D eigenvalue weighted by atomic mass is 32.2. The Labute approximate surface area is 131 Å². The fraction of sp³-hybridized carbons (Fsp3) is 0.500. The van der Waals surface area contributed by atoms with E-state index in [-0.39, 0.29) is 5.91 Å². The number of nitrogens with one attached hydrogen (secondary N) is 1. The Hall–Kier alpha value is -1.61. The molecule has 0 spiro atoms. The monoisotopic (exact) mass is 326 g/mol. The topological polar surface area (TPSA) is 98.7 Å². The van der Waals surface area contributed by atoms with Crippen molar-refractivity contribution in [2.24, 2.45) is 0 Å². The first-order valence-electron chi connectivity index (χ1n) is 6.54. The fourth-order valence-electron chi connectivity index (χ4n) is 1.81. The van der Waals surface area contributed by atoms with Gasteiger partial charge in [-0.15, -0.1) is 10.2 Å². The van der Waals surface area contributed by atoms with Gasteiger partial charge in [-0.25, -0.2) is 0 Å². The molecule has 2 aromatic rings.